The van der Waals surface area contributed by atoms with Gasteiger partial charge in [-0.3, -0.25) is 0 Å². The zero-order chi connectivity index (χ0) is 29.5. The van der Waals surface area contributed by atoms with Crippen LogP contribution in [0.5, 0.6) is 0 Å². The van der Waals surface area contributed by atoms with Gasteiger partial charge in [0.25, 0.3) is 0 Å². The molecule has 0 N–H and O–H groups in total. The van der Waals surface area contributed by atoms with Crippen molar-refractivity contribution in [2.45, 2.75) is 182 Å². The molecule has 0 aromatic rings. The first kappa shape index (κ1) is 39.6. The van der Waals surface area contributed by atoms with E-state index in [1.165, 1.54) is 83.5 Å². The van der Waals surface area contributed by atoms with Crippen molar-refractivity contribution >= 4 is 25.0 Å². The standard InChI is InChI=1S/C33H73O3PSSi/c1-8-12-16-17-18-19-20-21-22-23-24-25-26-27-31-37(28-13-9-2,29-14-10-3,30-15-11-4)36-38(34,35)32-33-39(5,6)7/h8-33H2,1-7H3. The first-order valence-electron chi connectivity index (χ1n) is 17.4. The first-order valence-corrected chi connectivity index (χ1v) is 25.6. The molecule has 39 heavy (non-hydrogen) atoms. The van der Waals surface area contributed by atoms with Gasteiger partial charge in [-0.2, -0.15) is 0 Å². The van der Waals surface area contributed by atoms with Crippen molar-refractivity contribution in [3.63, 3.8) is 0 Å². The summed E-state index contributed by atoms with van der Waals surface area (Å²) in [7, 11) is -4.95. The molecule has 0 amide bonds. The van der Waals surface area contributed by atoms with Gasteiger partial charge in [-0.05, 0) is 0 Å². The van der Waals surface area contributed by atoms with E-state index in [0.717, 1.165) is 75.6 Å². The normalized spacial score (nSPS) is 14.0. The average molecular weight is 609 g/mol. The summed E-state index contributed by atoms with van der Waals surface area (Å²) in [5, 5.41) is 0. The fraction of sp³-hybridized carbons (Fsp3) is 1.00. The monoisotopic (exact) mass is 608 g/mol. The van der Waals surface area contributed by atoms with E-state index < -0.39 is 25.0 Å². The molecule has 0 rings (SSSR count). The van der Waals surface area contributed by atoms with Gasteiger partial charge in [0, 0.05) is 0 Å². The quantitative estimate of drug-likeness (QED) is 0.0482. The Morgan fingerprint density at radius 2 is 0.795 bits per heavy atom. The van der Waals surface area contributed by atoms with Crippen molar-refractivity contribution in [3.8, 4) is 0 Å². The SMILES string of the molecule is CCCCCCCCCCCCCCCCP(CCCC)(CCCC)(CCCC)OS(=O)(=O)CC[Si](C)(C)C. The van der Waals surface area contributed by atoms with Crippen LogP contribution in [0, 0.1) is 0 Å². The molecule has 3 nitrogen and oxygen atoms in total. The molecule has 0 aliphatic carbocycles. The van der Waals surface area contributed by atoms with Crippen molar-refractivity contribution in [2.75, 3.05) is 30.4 Å². The third kappa shape index (κ3) is 20.2. The van der Waals surface area contributed by atoms with Crippen molar-refractivity contribution in [1.82, 2.24) is 0 Å². The molecule has 238 valence electrons. The van der Waals surface area contributed by atoms with E-state index >= 15 is 0 Å². The summed E-state index contributed by atoms with van der Waals surface area (Å²) < 4.78 is 33.9. The van der Waals surface area contributed by atoms with E-state index in [2.05, 4.69) is 47.3 Å². The Kier molecular flexibility index (Phi) is 22.5. The van der Waals surface area contributed by atoms with E-state index in [4.69, 9.17) is 3.97 Å². The topological polar surface area (TPSA) is 43.4 Å². The molecule has 0 bridgehead atoms. The molecule has 0 unspecified atom stereocenters. The Labute approximate surface area is 249 Å². The van der Waals surface area contributed by atoms with Gasteiger partial charge in [-0.25, -0.2) is 0 Å². The molecule has 0 spiro atoms. The summed E-state index contributed by atoms with van der Waals surface area (Å²) >= 11 is 0. The van der Waals surface area contributed by atoms with Crippen molar-refractivity contribution in [3.05, 3.63) is 0 Å². The minimum atomic E-state index is -3.50. The summed E-state index contributed by atoms with van der Waals surface area (Å²) in [6.07, 6.45) is 29.8. The molecular formula is C33H73O3PSSi. The van der Waals surface area contributed by atoms with Crippen LogP contribution in [-0.2, 0) is 14.1 Å². The van der Waals surface area contributed by atoms with Crippen LogP contribution in [0.15, 0.2) is 0 Å². The molecule has 0 radical (unpaired) electrons. The predicted molar refractivity (Wildman–Crippen MR) is 184 cm³/mol. The van der Waals surface area contributed by atoms with E-state index in [0.29, 0.717) is 0 Å². The number of hydrogen-bond acceptors (Lipinski definition) is 3. The maximum absolute atomic E-state index is 13.6. The van der Waals surface area contributed by atoms with Gasteiger partial charge in [0.15, 0.2) is 0 Å². The molecule has 6 heteroatoms. The minimum absolute atomic E-state index is 0.226. The molecule has 0 aromatic heterocycles. The third-order valence-electron chi connectivity index (χ3n) is 8.74. The summed E-state index contributed by atoms with van der Waals surface area (Å²) in [5.74, 6) is 0.226. The Bertz CT molecular complexity index is 650. The van der Waals surface area contributed by atoms with Crippen LogP contribution in [0.4, 0.5) is 0 Å². The Balaban J connectivity index is 5.07. The van der Waals surface area contributed by atoms with E-state index in [9.17, 15) is 8.42 Å². The van der Waals surface area contributed by atoms with E-state index in [-0.39, 0.29) is 5.75 Å². The molecule has 0 atom stereocenters. The summed E-state index contributed by atoms with van der Waals surface area (Å²) in [4.78, 5) is 0. The van der Waals surface area contributed by atoms with Gasteiger partial charge in [-0.15, -0.1) is 0 Å². The third-order valence-corrected chi connectivity index (χ3v) is 19.9. The Hall–Kier alpha value is 0.557. The average Bonchev–Trinajstić information content (AvgIpc) is 2.88. The van der Waals surface area contributed by atoms with Gasteiger partial charge < -0.3 is 0 Å². The fourth-order valence-electron chi connectivity index (χ4n) is 5.99. The van der Waals surface area contributed by atoms with Gasteiger partial charge >= 0.3 is 223 Å². The van der Waals surface area contributed by atoms with Crippen LogP contribution < -0.4 is 0 Å². The van der Waals surface area contributed by atoms with Gasteiger partial charge in [-0.1, -0.05) is 26.2 Å². The van der Waals surface area contributed by atoms with Gasteiger partial charge in [0.1, 0.15) is 0 Å². The van der Waals surface area contributed by atoms with Crippen molar-refractivity contribution in [2.24, 2.45) is 0 Å². The van der Waals surface area contributed by atoms with Gasteiger partial charge in [0.2, 0.25) is 0 Å². The Morgan fingerprint density at radius 3 is 1.13 bits per heavy atom. The molecule has 0 heterocycles. The fourth-order valence-corrected chi connectivity index (χ4v) is 19.2. The van der Waals surface area contributed by atoms with Crippen LogP contribution >= 0.6 is 6.83 Å². The zero-order valence-corrected chi connectivity index (χ0v) is 30.7. The molecule has 0 saturated carbocycles. The van der Waals surface area contributed by atoms with Crippen LogP contribution in [0.2, 0.25) is 25.7 Å². The molecule has 0 aliphatic heterocycles. The molecular weight excluding hydrogens is 535 g/mol. The number of hydrogen-bond donors (Lipinski definition) is 0. The molecule has 0 fully saturated rings. The second kappa shape index (κ2) is 22.1. The van der Waals surface area contributed by atoms with Crippen molar-refractivity contribution < 1.29 is 12.4 Å². The summed E-state index contributed by atoms with van der Waals surface area (Å²) in [6.45, 7) is 13.0. The van der Waals surface area contributed by atoms with E-state index in [1.807, 2.05) is 0 Å². The van der Waals surface area contributed by atoms with Gasteiger partial charge in [0.05, 0.1) is 0 Å². The summed E-state index contributed by atoms with van der Waals surface area (Å²) in [5.41, 5.74) is 0. The number of unbranched alkanes of at least 4 members (excludes halogenated alkanes) is 16. The summed E-state index contributed by atoms with van der Waals surface area (Å²) in [6, 6.07) is 0.802. The predicted octanol–water partition coefficient (Wildman–Crippen LogP) is 12.0. The molecule has 0 aromatic carbocycles. The van der Waals surface area contributed by atoms with Crippen LogP contribution in [0.1, 0.15) is 156 Å². The molecule has 0 aliphatic rings. The number of rotatable bonds is 29. The van der Waals surface area contributed by atoms with Crippen LogP contribution in [-0.4, -0.2) is 46.9 Å². The molecule has 0 saturated heterocycles. The van der Waals surface area contributed by atoms with E-state index in [1.54, 1.807) is 0 Å². The maximum atomic E-state index is 13.6. The second-order valence-corrected chi connectivity index (χ2v) is 27.3. The van der Waals surface area contributed by atoms with Crippen molar-refractivity contribution in [1.29, 1.82) is 0 Å². The Morgan fingerprint density at radius 1 is 0.487 bits per heavy atom. The second-order valence-electron chi connectivity index (χ2n) is 14.1. The van der Waals surface area contributed by atoms with Crippen LogP contribution in [0.25, 0.3) is 0 Å². The zero-order valence-electron chi connectivity index (χ0n) is 28.0. The van der Waals surface area contributed by atoms with Crippen LogP contribution in [0.3, 0.4) is 0 Å². The first-order chi connectivity index (χ1) is 18.5.